The summed E-state index contributed by atoms with van der Waals surface area (Å²) in [5.74, 6) is 1.72. The number of piperazine rings is 1. The number of carbonyl (C=O) groups excluding carboxylic acids is 1. The Bertz CT molecular complexity index is 828. The Balaban J connectivity index is 1.73. The van der Waals surface area contributed by atoms with Crippen LogP contribution in [0.15, 0.2) is 42.1 Å². The fourth-order valence-electron chi connectivity index (χ4n) is 3.49. The number of methoxy groups -OCH3 is 1. The quantitative estimate of drug-likeness (QED) is 0.520. The van der Waals surface area contributed by atoms with Gasteiger partial charge in [-0.2, -0.15) is 0 Å². The zero-order valence-electron chi connectivity index (χ0n) is 17.4. The van der Waals surface area contributed by atoms with Crippen LogP contribution in [-0.2, 0) is 11.3 Å². The van der Waals surface area contributed by atoms with E-state index in [0.29, 0.717) is 6.54 Å². The fourth-order valence-corrected chi connectivity index (χ4v) is 4.43. The number of thioether (sulfide) groups is 1. The van der Waals surface area contributed by atoms with Crippen molar-refractivity contribution in [3.05, 3.63) is 36.9 Å². The maximum atomic E-state index is 12.9. The number of likely N-dealkylation sites (N-methyl/N-ethyl adjacent to an activating group) is 1. The number of aromatic nitrogens is 3. The maximum Gasteiger partial charge on any atom is 0.236 e. The molecule has 1 atom stereocenters. The van der Waals surface area contributed by atoms with Crippen LogP contribution in [-0.4, -0.2) is 70.7 Å². The second-order valence-electron chi connectivity index (χ2n) is 7.12. The number of rotatable bonds is 8. The van der Waals surface area contributed by atoms with Gasteiger partial charge in [-0.05, 0) is 38.1 Å². The largest absolute Gasteiger partial charge is 0.497 e. The first-order chi connectivity index (χ1) is 14.1. The van der Waals surface area contributed by atoms with Gasteiger partial charge in [0.2, 0.25) is 5.91 Å². The summed E-state index contributed by atoms with van der Waals surface area (Å²) < 4.78 is 7.23. The second-order valence-corrected chi connectivity index (χ2v) is 8.43. The van der Waals surface area contributed by atoms with E-state index in [1.165, 1.54) is 11.8 Å². The van der Waals surface area contributed by atoms with Crippen LogP contribution in [0, 0.1) is 0 Å². The molecule has 7 nitrogen and oxygen atoms in total. The highest BCUT2D eigenvalue weighted by Crippen LogP contribution is 2.28. The van der Waals surface area contributed by atoms with E-state index in [9.17, 15) is 4.79 Å². The van der Waals surface area contributed by atoms with Gasteiger partial charge in [-0.15, -0.1) is 16.8 Å². The van der Waals surface area contributed by atoms with Crippen molar-refractivity contribution in [1.82, 2.24) is 19.7 Å². The van der Waals surface area contributed by atoms with Crippen molar-refractivity contribution in [2.24, 2.45) is 0 Å². The molecular weight excluding hydrogens is 386 g/mol. The SMILES string of the molecule is C=CCn1c(S[C@@H](C)C(=O)N2CC[NH+](CC)CC2)nnc1-c1ccc(OC)cc1. The number of nitrogens with one attached hydrogen (secondary N) is 1. The van der Waals surface area contributed by atoms with Crippen molar-refractivity contribution in [2.75, 3.05) is 39.8 Å². The lowest BCUT2D eigenvalue weighted by molar-refractivity contribution is -0.902. The molecule has 0 saturated carbocycles. The Morgan fingerprint density at radius 2 is 2.00 bits per heavy atom. The van der Waals surface area contributed by atoms with Crippen LogP contribution in [0.2, 0.25) is 0 Å². The van der Waals surface area contributed by atoms with Gasteiger partial charge >= 0.3 is 0 Å². The summed E-state index contributed by atoms with van der Waals surface area (Å²) in [7, 11) is 1.64. The summed E-state index contributed by atoms with van der Waals surface area (Å²) >= 11 is 1.46. The Morgan fingerprint density at radius 1 is 1.31 bits per heavy atom. The minimum atomic E-state index is -0.213. The van der Waals surface area contributed by atoms with Gasteiger partial charge < -0.3 is 14.5 Å². The summed E-state index contributed by atoms with van der Waals surface area (Å²) in [4.78, 5) is 16.5. The van der Waals surface area contributed by atoms with Gasteiger partial charge in [-0.3, -0.25) is 9.36 Å². The Kier molecular flexibility index (Phi) is 7.33. The number of allylic oxidation sites excluding steroid dienone is 1. The molecule has 3 rings (SSSR count). The molecule has 1 aliphatic heterocycles. The monoisotopic (exact) mass is 416 g/mol. The third-order valence-corrected chi connectivity index (χ3v) is 6.36. The average Bonchev–Trinajstić information content (AvgIpc) is 3.15. The number of quaternary nitrogens is 1. The van der Waals surface area contributed by atoms with E-state index in [1.807, 2.05) is 46.7 Å². The lowest BCUT2D eigenvalue weighted by atomic mass is 10.2. The summed E-state index contributed by atoms with van der Waals surface area (Å²) in [5.41, 5.74) is 0.949. The molecule has 156 valence electrons. The smallest absolute Gasteiger partial charge is 0.236 e. The van der Waals surface area contributed by atoms with E-state index >= 15 is 0 Å². The van der Waals surface area contributed by atoms with E-state index < -0.39 is 0 Å². The summed E-state index contributed by atoms with van der Waals surface area (Å²) in [6, 6.07) is 7.72. The molecule has 8 heteroatoms. The molecule has 2 heterocycles. The molecule has 29 heavy (non-hydrogen) atoms. The molecule has 0 radical (unpaired) electrons. The van der Waals surface area contributed by atoms with Gasteiger partial charge in [0.15, 0.2) is 11.0 Å². The average molecular weight is 417 g/mol. The number of nitrogens with zero attached hydrogens (tertiary/aromatic N) is 4. The number of hydrogen-bond acceptors (Lipinski definition) is 5. The van der Waals surface area contributed by atoms with Crippen LogP contribution in [0.4, 0.5) is 0 Å². The topological polar surface area (TPSA) is 64.7 Å². The summed E-state index contributed by atoms with van der Waals surface area (Å²) in [6.45, 7) is 13.4. The van der Waals surface area contributed by atoms with Crippen molar-refractivity contribution in [1.29, 1.82) is 0 Å². The fraction of sp³-hybridized carbons (Fsp3) is 0.476. The molecule has 1 fully saturated rings. The third kappa shape index (κ3) is 5.00. The van der Waals surface area contributed by atoms with Gasteiger partial charge in [0.1, 0.15) is 5.75 Å². The Hall–Kier alpha value is -2.32. The molecule has 1 aliphatic rings. The van der Waals surface area contributed by atoms with Crippen molar-refractivity contribution in [3.63, 3.8) is 0 Å². The third-order valence-electron chi connectivity index (χ3n) is 5.29. The molecular formula is C21H30N5O2S+. The number of amides is 1. The molecule has 1 amide bonds. The van der Waals surface area contributed by atoms with Crippen molar-refractivity contribution >= 4 is 17.7 Å². The zero-order valence-corrected chi connectivity index (χ0v) is 18.2. The molecule has 1 N–H and O–H groups in total. The van der Waals surface area contributed by atoms with Crippen molar-refractivity contribution < 1.29 is 14.4 Å². The summed E-state index contributed by atoms with van der Waals surface area (Å²) in [6.07, 6.45) is 1.82. The van der Waals surface area contributed by atoms with Crippen LogP contribution < -0.4 is 9.64 Å². The highest BCUT2D eigenvalue weighted by molar-refractivity contribution is 8.00. The van der Waals surface area contributed by atoms with Crippen LogP contribution in [0.3, 0.4) is 0 Å². The second kappa shape index (κ2) is 9.93. The number of hydrogen-bond donors (Lipinski definition) is 1. The highest BCUT2D eigenvalue weighted by Gasteiger charge is 2.28. The van der Waals surface area contributed by atoms with E-state index in [1.54, 1.807) is 12.0 Å². The standard InChI is InChI=1S/C21H29N5O2S/c1-5-11-26-19(17-7-9-18(28-4)10-8-17)22-23-21(26)29-16(3)20(27)25-14-12-24(6-2)13-15-25/h5,7-10,16H,1,6,11-15H2,2-4H3/p+1/t16-/m0/s1. The van der Waals surface area contributed by atoms with Gasteiger partial charge in [-0.25, -0.2) is 0 Å². The minimum Gasteiger partial charge on any atom is -0.497 e. The van der Waals surface area contributed by atoms with Crippen LogP contribution >= 0.6 is 11.8 Å². The molecule has 1 aromatic heterocycles. The predicted molar refractivity (Wildman–Crippen MR) is 115 cm³/mol. The molecule has 1 saturated heterocycles. The highest BCUT2D eigenvalue weighted by atomic mass is 32.2. The van der Waals surface area contributed by atoms with Crippen molar-refractivity contribution in [2.45, 2.75) is 30.8 Å². The van der Waals surface area contributed by atoms with Gasteiger partial charge in [-0.1, -0.05) is 17.8 Å². The number of carbonyl (C=O) groups is 1. The van der Waals surface area contributed by atoms with E-state index in [-0.39, 0.29) is 11.2 Å². The lowest BCUT2D eigenvalue weighted by Gasteiger charge is -2.32. The van der Waals surface area contributed by atoms with E-state index in [4.69, 9.17) is 4.74 Å². The van der Waals surface area contributed by atoms with Crippen LogP contribution in [0.25, 0.3) is 11.4 Å². The number of ether oxygens (including phenoxy) is 1. The van der Waals surface area contributed by atoms with E-state index in [2.05, 4.69) is 23.7 Å². The molecule has 0 aliphatic carbocycles. The predicted octanol–water partition coefficient (Wildman–Crippen LogP) is 1.37. The Morgan fingerprint density at radius 3 is 2.59 bits per heavy atom. The molecule has 0 unspecified atom stereocenters. The minimum absolute atomic E-state index is 0.171. The molecule has 0 bridgehead atoms. The Labute approximate surface area is 176 Å². The zero-order chi connectivity index (χ0) is 20.8. The summed E-state index contributed by atoms with van der Waals surface area (Å²) in [5, 5.41) is 9.27. The van der Waals surface area contributed by atoms with Gasteiger partial charge in [0, 0.05) is 12.1 Å². The maximum absolute atomic E-state index is 12.9. The first-order valence-electron chi connectivity index (χ1n) is 10.0. The molecule has 2 aromatic rings. The van der Waals surface area contributed by atoms with Crippen molar-refractivity contribution in [3.8, 4) is 17.1 Å². The van der Waals surface area contributed by atoms with Crippen LogP contribution in [0.1, 0.15) is 13.8 Å². The normalized spacial score (nSPS) is 15.9. The lowest BCUT2D eigenvalue weighted by Crippen LogP contribution is -3.14. The van der Waals surface area contributed by atoms with Crippen LogP contribution in [0.5, 0.6) is 5.75 Å². The first kappa shape index (κ1) is 21.4. The van der Waals surface area contributed by atoms with Gasteiger partial charge in [0.05, 0.1) is 45.1 Å². The number of benzene rings is 1. The molecule has 1 aromatic carbocycles. The molecule has 0 spiro atoms. The van der Waals surface area contributed by atoms with E-state index in [0.717, 1.165) is 55.0 Å². The first-order valence-corrected chi connectivity index (χ1v) is 10.9. The van der Waals surface area contributed by atoms with Gasteiger partial charge in [0.25, 0.3) is 0 Å².